The number of carbonyl (C=O) groups excluding carboxylic acids is 1. The lowest BCUT2D eigenvalue weighted by Crippen LogP contribution is -2.47. The van der Waals surface area contributed by atoms with Crippen molar-refractivity contribution in [3.8, 4) is 10.4 Å². The molecule has 1 heterocycles. The number of hydrogen-bond donors (Lipinski definition) is 1. The number of aromatic nitrogens is 1. The molecule has 0 aliphatic heterocycles. The molecule has 0 spiro atoms. The Morgan fingerprint density at radius 2 is 1.48 bits per heavy atom. The predicted molar refractivity (Wildman–Crippen MR) is 125 cm³/mol. The van der Waals surface area contributed by atoms with Gasteiger partial charge in [0.1, 0.15) is 0 Å². The van der Waals surface area contributed by atoms with E-state index in [1.54, 1.807) is 0 Å². The summed E-state index contributed by atoms with van der Waals surface area (Å²) in [7, 11) is 0. The summed E-state index contributed by atoms with van der Waals surface area (Å²) in [6.07, 6.45) is 2.66. The molecule has 0 fully saturated rings. The van der Waals surface area contributed by atoms with Gasteiger partial charge in [-0.25, -0.2) is 4.98 Å². The molecule has 0 saturated carbocycles. The monoisotopic (exact) mass is 422 g/mol. The Kier molecular flexibility index (Phi) is 4.12. The lowest BCUT2D eigenvalue weighted by Gasteiger charge is -2.50. The summed E-state index contributed by atoms with van der Waals surface area (Å²) in [5, 5.41) is 3.82. The van der Waals surface area contributed by atoms with Crippen molar-refractivity contribution in [2.45, 2.75) is 25.2 Å². The van der Waals surface area contributed by atoms with Crippen LogP contribution in [0.2, 0.25) is 0 Å². The number of fused-ring (bicyclic) bond motifs is 1. The highest BCUT2D eigenvalue weighted by molar-refractivity contribution is 7.19. The molecule has 1 aromatic heterocycles. The molecule has 3 nitrogen and oxygen atoms in total. The average Bonchev–Trinajstić information content (AvgIpc) is 3.28. The maximum absolute atomic E-state index is 13.7. The van der Waals surface area contributed by atoms with Crippen LogP contribution >= 0.6 is 11.3 Å². The number of carbonyl (C=O) groups is 1. The zero-order valence-electron chi connectivity index (χ0n) is 17.2. The third kappa shape index (κ3) is 2.78. The van der Waals surface area contributed by atoms with Gasteiger partial charge in [0.2, 0.25) is 5.91 Å². The summed E-state index contributed by atoms with van der Waals surface area (Å²) in [4.78, 5) is 19.3. The minimum atomic E-state index is -0.522. The van der Waals surface area contributed by atoms with Crippen LogP contribution < -0.4 is 5.32 Å². The second kappa shape index (κ2) is 6.89. The SMILES string of the molecule is CC1(C(=O)Nc2ncc(-c3ccccc3)s2)CC2c3ccccc3C1c1ccccc12. The van der Waals surface area contributed by atoms with Crippen molar-refractivity contribution in [3.05, 3.63) is 107 Å². The van der Waals surface area contributed by atoms with Gasteiger partial charge in [-0.3, -0.25) is 4.79 Å². The molecule has 7 rings (SSSR count). The Balaban J connectivity index is 1.36. The van der Waals surface area contributed by atoms with Crippen molar-refractivity contribution >= 4 is 22.4 Å². The van der Waals surface area contributed by atoms with Crippen molar-refractivity contribution in [1.29, 1.82) is 0 Å². The number of anilines is 1. The minimum Gasteiger partial charge on any atom is -0.301 e. The molecular weight excluding hydrogens is 400 g/mol. The lowest BCUT2D eigenvalue weighted by atomic mass is 9.52. The lowest BCUT2D eigenvalue weighted by molar-refractivity contribution is -0.126. The highest BCUT2D eigenvalue weighted by atomic mass is 32.1. The second-order valence-electron chi connectivity index (χ2n) is 8.71. The number of thiazole rings is 1. The standard InChI is InChI=1S/C27H22N2OS/c1-27(25(30)29-26-28-16-23(31-26)17-9-3-2-4-10-17)15-22-18-11-5-7-13-20(18)24(27)21-14-8-6-12-19(21)22/h2-14,16,22,24H,15H2,1H3,(H,28,29,30). The summed E-state index contributed by atoms with van der Waals surface area (Å²) in [6, 6.07) is 27.4. The molecule has 3 aromatic carbocycles. The highest BCUT2D eigenvalue weighted by Crippen LogP contribution is 2.61. The summed E-state index contributed by atoms with van der Waals surface area (Å²) in [5.74, 6) is 0.364. The van der Waals surface area contributed by atoms with Gasteiger partial charge >= 0.3 is 0 Å². The number of benzene rings is 3. The average molecular weight is 423 g/mol. The van der Waals surface area contributed by atoms with E-state index in [1.165, 1.54) is 33.6 Å². The van der Waals surface area contributed by atoms with Gasteiger partial charge in [0, 0.05) is 18.0 Å². The number of nitrogens with one attached hydrogen (secondary N) is 1. The number of amides is 1. The minimum absolute atomic E-state index is 0.0541. The van der Waals surface area contributed by atoms with E-state index in [-0.39, 0.29) is 17.7 Å². The molecular formula is C27H22N2OS. The van der Waals surface area contributed by atoms with Gasteiger partial charge in [-0.05, 0) is 41.2 Å². The normalized spacial score (nSPS) is 23.1. The first-order valence-electron chi connectivity index (χ1n) is 10.7. The van der Waals surface area contributed by atoms with E-state index in [9.17, 15) is 4.79 Å². The first kappa shape index (κ1) is 18.5. The topological polar surface area (TPSA) is 42.0 Å². The van der Waals surface area contributed by atoms with Crippen molar-refractivity contribution in [2.24, 2.45) is 5.41 Å². The van der Waals surface area contributed by atoms with E-state index < -0.39 is 5.41 Å². The maximum atomic E-state index is 13.7. The molecule has 0 radical (unpaired) electrons. The van der Waals surface area contributed by atoms with Crippen LogP contribution in [0.1, 0.15) is 47.4 Å². The quantitative estimate of drug-likeness (QED) is 0.413. The van der Waals surface area contributed by atoms with Gasteiger partial charge in [-0.2, -0.15) is 0 Å². The Morgan fingerprint density at radius 3 is 2.13 bits per heavy atom. The van der Waals surface area contributed by atoms with Crippen LogP contribution in [-0.4, -0.2) is 10.9 Å². The highest BCUT2D eigenvalue weighted by Gasteiger charge is 2.53. The molecule has 2 bridgehead atoms. The molecule has 1 amide bonds. The molecule has 4 aromatic rings. The van der Waals surface area contributed by atoms with Gasteiger partial charge < -0.3 is 5.32 Å². The van der Waals surface area contributed by atoms with E-state index in [0.29, 0.717) is 5.13 Å². The van der Waals surface area contributed by atoms with Crippen LogP contribution in [0.25, 0.3) is 10.4 Å². The van der Waals surface area contributed by atoms with E-state index in [4.69, 9.17) is 0 Å². The molecule has 31 heavy (non-hydrogen) atoms. The smallest absolute Gasteiger partial charge is 0.233 e. The van der Waals surface area contributed by atoms with Crippen molar-refractivity contribution in [2.75, 3.05) is 5.32 Å². The Morgan fingerprint density at radius 1 is 0.903 bits per heavy atom. The Bertz CT molecular complexity index is 1250. The first-order chi connectivity index (χ1) is 15.1. The fourth-order valence-electron chi connectivity index (χ4n) is 5.50. The van der Waals surface area contributed by atoms with Crippen molar-refractivity contribution in [3.63, 3.8) is 0 Å². The molecule has 1 N–H and O–H groups in total. The van der Waals surface area contributed by atoms with Crippen LogP contribution in [0.15, 0.2) is 85.1 Å². The van der Waals surface area contributed by atoms with E-state index >= 15 is 0 Å². The van der Waals surface area contributed by atoms with E-state index in [2.05, 4.69) is 77.9 Å². The van der Waals surface area contributed by atoms with Gasteiger partial charge in [-0.1, -0.05) is 90.2 Å². The molecule has 0 saturated heterocycles. The van der Waals surface area contributed by atoms with Gasteiger partial charge in [-0.15, -0.1) is 0 Å². The summed E-state index contributed by atoms with van der Waals surface area (Å²) in [5.41, 5.74) is 5.92. The van der Waals surface area contributed by atoms with E-state index in [1.807, 2.05) is 24.4 Å². The Labute approximate surface area is 185 Å². The second-order valence-corrected chi connectivity index (χ2v) is 9.75. The summed E-state index contributed by atoms with van der Waals surface area (Å²) >= 11 is 1.53. The largest absolute Gasteiger partial charge is 0.301 e. The molecule has 152 valence electrons. The molecule has 3 aliphatic carbocycles. The first-order valence-corrected chi connectivity index (χ1v) is 11.5. The van der Waals surface area contributed by atoms with Crippen LogP contribution in [0, 0.1) is 5.41 Å². The van der Waals surface area contributed by atoms with Crippen LogP contribution in [0.4, 0.5) is 5.13 Å². The zero-order chi connectivity index (χ0) is 21.0. The number of nitrogens with zero attached hydrogens (tertiary/aromatic N) is 1. The van der Waals surface area contributed by atoms with Crippen LogP contribution in [0.3, 0.4) is 0 Å². The molecule has 1 atom stereocenters. The molecule has 1 unspecified atom stereocenters. The fourth-order valence-corrected chi connectivity index (χ4v) is 6.31. The van der Waals surface area contributed by atoms with Crippen molar-refractivity contribution < 1.29 is 4.79 Å². The number of hydrogen-bond acceptors (Lipinski definition) is 3. The summed E-state index contributed by atoms with van der Waals surface area (Å²) in [6.45, 7) is 2.12. The van der Waals surface area contributed by atoms with Crippen LogP contribution in [-0.2, 0) is 4.79 Å². The fraction of sp³-hybridized carbons (Fsp3) is 0.185. The molecule has 4 heteroatoms. The molecule has 3 aliphatic rings. The maximum Gasteiger partial charge on any atom is 0.233 e. The van der Waals surface area contributed by atoms with Gasteiger partial charge in [0.25, 0.3) is 0 Å². The van der Waals surface area contributed by atoms with Crippen molar-refractivity contribution in [1.82, 2.24) is 4.98 Å². The van der Waals surface area contributed by atoms with Crippen LogP contribution in [0.5, 0.6) is 0 Å². The third-order valence-electron chi connectivity index (χ3n) is 6.93. The predicted octanol–water partition coefficient (Wildman–Crippen LogP) is 6.44. The summed E-state index contributed by atoms with van der Waals surface area (Å²) < 4.78 is 0. The van der Waals surface area contributed by atoms with Gasteiger partial charge in [0.05, 0.1) is 10.3 Å². The third-order valence-corrected chi connectivity index (χ3v) is 7.90. The van der Waals surface area contributed by atoms with E-state index in [0.717, 1.165) is 16.9 Å². The number of rotatable bonds is 3. The zero-order valence-corrected chi connectivity index (χ0v) is 18.0. The van der Waals surface area contributed by atoms with Gasteiger partial charge in [0.15, 0.2) is 5.13 Å². The Hall–Kier alpha value is -3.24.